The molecule has 164 valence electrons. The average Bonchev–Trinajstić information content (AvgIpc) is 3.04. The number of carbonyl (C=O) groups is 1. The lowest BCUT2D eigenvalue weighted by atomic mass is 9.74. The predicted octanol–water partition coefficient (Wildman–Crippen LogP) is 4.65. The number of methoxy groups -OCH3 is 1. The summed E-state index contributed by atoms with van der Waals surface area (Å²) in [5, 5.41) is 11.9. The second kappa shape index (κ2) is 7.38. The molecule has 2 unspecified atom stereocenters. The van der Waals surface area contributed by atoms with E-state index in [1.807, 2.05) is 20.8 Å². The van der Waals surface area contributed by atoms with Gasteiger partial charge in [-0.2, -0.15) is 22.8 Å². The van der Waals surface area contributed by atoms with Crippen LogP contribution < -0.4 is 5.32 Å². The van der Waals surface area contributed by atoms with E-state index in [0.29, 0.717) is 29.8 Å². The summed E-state index contributed by atoms with van der Waals surface area (Å²) in [5.41, 5.74) is 1.06. The van der Waals surface area contributed by atoms with Gasteiger partial charge in [0.25, 0.3) is 0 Å². The van der Waals surface area contributed by atoms with Crippen molar-refractivity contribution in [1.82, 2.24) is 9.55 Å². The molecule has 1 heterocycles. The number of rotatable bonds is 6. The number of carbonyl (C=O) groups excluding carboxylic acids is 1. The molecule has 2 atom stereocenters. The van der Waals surface area contributed by atoms with Gasteiger partial charge >= 0.3 is 11.8 Å². The third-order valence-electron chi connectivity index (χ3n) is 6.05. The van der Waals surface area contributed by atoms with Gasteiger partial charge in [0.1, 0.15) is 6.10 Å². The number of hydrogen-bond acceptors (Lipinski definition) is 4. The molecule has 2 aliphatic carbocycles. The number of nitriles is 1. The molecular formula is C20H24F4N4O2. The van der Waals surface area contributed by atoms with Crippen molar-refractivity contribution < 1.29 is 27.1 Å². The number of halogens is 4. The Kier molecular flexibility index (Phi) is 5.48. The Morgan fingerprint density at radius 3 is 2.60 bits per heavy atom. The van der Waals surface area contributed by atoms with Gasteiger partial charge in [-0.1, -0.05) is 6.92 Å². The third-order valence-corrected chi connectivity index (χ3v) is 6.05. The zero-order valence-corrected chi connectivity index (χ0v) is 17.2. The lowest BCUT2D eigenvalue weighted by Crippen LogP contribution is -2.59. The fraction of sp³-hybridized carbons (Fsp3) is 0.650. The minimum atomic E-state index is -4.20. The molecule has 1 saturated carbocycles. The molecular weight excluding hydrogens is 404 g/mol. The van der Waals surface area contributed by atoms with Crippen LogP contribution in [0.3, 0.4) is 0 Å². The molecule has 0 saturated heterocycles. The summed E-state index contributed by atoms with van der Waals surface area (Å²) < 4.78 is 60.4. The highest BCUT2D eigenvalue weighted by atomic mass is 19.3. The fourth-order valence-electron chi connectivity index (χ4n) is 3.81. The highest BCUT2D eigenvalue weighted by Gasteiger charge is 2.71. The van der Waals surface area contributed by atoms with Crippen LogP contribution in [0.15, 0.2) is 5.57 Å². The first-order valence-corrected chi connectivity index (χ1v) is 9.70. The molecule has 2 aliphatic rings. The van der Waals surface area contributed by atoms with Crippen molar-refractivity contribution in [3.63, 3.8) is 0 Å². The quantitative estimate of drug-likeness (QED) is 0.669. The van der Waals surface area contributed by atoms with Crippen LogP contribution in [0.25, 0.3) is 6.08 Å². The molecule has 0 bridgehead atoms. The molecule has 0 aromatic carbocycles. The van der Waals surface area contributed by atoms with E-state index in [0.717, 1.165) is 0 Å². The Morgan fingerprint density at radius 2 is 2.10 bits per heavy atom. The first-order valence-electron chi connectivity index (χ1n) is 9.70. The number of nitrogens with one attached hydrogen (secondary N) is 1. The minimum Gasteiger partial charge on any atom is -0.375 e. The largest absolute Gasteiger partial charge is 0.375 e. The van der Waals surface area contributed by atoms with Crippen molar-refractivity contribution in [2.24, 2.45) is 5.92 Å². The first-order chi connectivity index (χ1) is 13.9. The van der Waals surface area contributed by atoms with Crippen molar-refractivity contribution in [2.45, 2.75) is 69.9 Å². The van der Waals surface area contributed by atoms with Gasteiger partial charge in [-0.05, 0) is 26.3 Å². The lowest BCUT2D eigenvalue weighted by Gasteiger charge is -2.43. The minimum absolute atomic E-state index is 0.115. The van der Waals surface area contributed by atoms with E-state index in [1.54, 1.807) is 10.6 Å². The monoisotopic (exact) mass is 428 g/mol. The summed E-state index contributed by atoms with van der Waals surface area (Å²) in [6.45, 7) is 5.74. The lowest BCUT2D eigenvalue weighted by molar-refractivity contribution is -0.313. The summed E-state index contributed by atoms with van der Waals surface area (Å²) in [4.78, 5) is 16.9. The summed E-state index contributed by atoms with van der Waals surface area (Å²) in [6.07, 6.45) is 0.363. The number of amides is 1. The van der Waals surface area contributed by atoms with E-state index in [2.05, 4.69) is 16.4 Å². The van der Waals surface area contributed by atoms with Crippen molar-refractivity contribution in [3.8, 4) is 6.07 Å². The topological polar surface area (TPSA) is 79.9 Å². The second-order valence-corrected chi connectivity index (χ2v) is 8.40. The Hall–Kier alpha value is -2.41. The highest BCUT2D eigenvalue weighted by Crippen LogP contribution is 2.56. The summed E-state index contributed by atoms with van der Waals surface area (Å²) in [6, 6.07) is 2.11. The number of nitrogens with zero attached hydrogens (tertiary/aromatic N) is 3. The molecule has 3 rings (SSSR count). The van der Waals surface area contributed by atoms with Crippen molar-refractivity contribution in [2.75, 3.05) is 12.4 Å². The van der Waals surface area contributed by atoms with Crippen molar-refractivity contribution >= 4 is 17.9 Å². The number of alkyl halides is 4. The van der Waals surface area contributed by atoms with Gasteiger partial charge in [-0.25, -0.2) is 4.98 Å². The third kappa shape index (κ3) is 3.49. The number of imidazole rings is 1. The van der Waals surface area contributed by atoms with E-state index in [4.69, 9.17) is 4.74 Å². The highest BCUT2D eigenvalue weighted by molar-refractivity contribution is 5.90. The average molecular weight is 428 g/mol. The van der Waals surface area contributed by atoms with Crippen LogP contribution in [0, 0.1) is 17.2 Å². The maximum atomic E-state index is 13.6. The van der Waals surface area contributed by atoms with E-state index in [-0.39, 0.29) is 5.95 Å². The van der Waals surface area contributed by atoms with Gasteiger partial charge in [0.05, 0.1) is 17.5 Å². The van der Waals surface area contributed by atoms with E-state index < -0.39 is 48.2 Å². The summed E-state index contributed by atoms with van der Waals surface area (Å²) >= 11 is 0. The first kappa shape index (κ1) is 22.3. The smallest absolute Gasteiger partial charge is 0.313 e. The Balaban J connectivity index is 1.94. The molecule has 1 aromatic heterocycles. The molecule has 1 aromatic rings. The van der Waals surface area contributed by atoms with Gasteiger partial charge in [-0.15, -0.1) is 0 Å². The van der Waals surface area contributed by atoms with Crippen LogP contribution in [-0.4, -0.2) is 34.4 Å². The number of ether oxygens (including phenoxy) is 1. The zero-order valence-electron chi connectivity index (χ0n) is 17.2. The molecule has 0 aliphatic heterocycles. The van der Waals surface area contributed by atoms with E-state index in [9.17, 15) is 27.6 Å². The maximum Gasteiger partial charge on any atom is 0.313 e. The molecule has 0 radical (unpaired) electrons. The van der Waals surface area contributed by atoms with Crippen molar-refractivity contribution in [1.29, 1.82) is 5.26 Å². The Morgan fingerprint density at radius 1 is 1.43 bits per heavy atom. The van der Waals surface area contributed by atoms with Gasteiger partial charge < -0.3 is 9.30 Å². The van der Waals surface area contributed by atoms with Crippen LogP contribution in [0.5, 0.6) is 0 Å². The van der Waals surface area contributed by atoms with Crippen LogP contribution in [0.2, 0.25) is 0 Å². The second-order valence-electron chi connectivity index (χ2n) is 8.40. The van der Waals surface area contributed by atoms with Crippen LogP contribution >= 0.6 is 0 Å². The van der Waals surface area contributed by atoms with Crippen molar-refractivity contribution in [3.05, 3.63) is 17.0 Å². The van der Waals surface area contributed by atoms with E-state index >= 15 is 0 Å². The van der Waals surface area contributed by atoms with E-state index in [1.165, 1.54) is 7.11 Å². The van der Waals surface area contributed by atoms with Gasteiger partial charge in [-0.3, -0.25) is 10.1 Å². The number of fused-ring (bicyclic) bond motifs is 1. The van der Waals surface area contributed by atoms with Crippen LogP contribution in [0.1, 0.15) is 63.9 Å². The Labute approximate surface area is 171 Å². The molecule has 0 spiro atoms. The molecule has 10 heteroatoms. The zero-order chi connectivity index (χ0) is 22.5. The van der Waals surface area contributed by atoms with Crippen LogP contribution in [-0.2, 0) is 15.1 Å². The number of anilines is 1. The number of hydrogen-bond donors (Lipinski definition) is 1. The van der Waals surface area contributed by atoms with Gasteiger partial charge in [0, 0.05) is 43.4 Å². The van der Waals surface area contributed by atoms with Gasteiger partial charge in [0.2, 0.25) is 11.9 Å². The van der Waals surface area contributed by atoms with Gasteiger partial charge in [0.15, 0.2) is 0 Å². The molecule has 1 N–H and O–H groups in total. The molecule has 30 heavy (non-hydrogen) atoms. The predicted molar refractivity (Wildman–Crippen MR) is 101 cm³/mol. The molecule has 6 nitrogen and oxygen atoms in total. The fourth-order valence-corrected chi connectivity index (χ4v) is 3.81. The summed E-state index contributed by atoms with van der Waals surface area (Å²) in [7, 11) is 1.48. The molecule has 1 amide bonds. The van der Waals surface area contributed by atoms with Crippen LogP contribution in [0.4, 0.5) is 23.5 Å². The summed E-state index contributed by atoms with van der Waals surface area (Å²) in [5.74, 6) is -10.7. The SMILES string of the molecule is CCC(C)(C)n1c(NC(=O)CC2CC(F)(F)C2(F)F)nc2c1C=C(C#N)CC2OC. The number of aromatic nitrogens is 2. The normalized spacial score (nSPS) is 24.3. The Bertz CT molecular complexity index is 930. The molecule has 1 fully saturated rings. The maximum absolute atomic E-state index is 13.6. The standard InChI is InChI=1S/C20H24F4N4O2/c1-5-18(2,3)28-13-6-11(10-25)7-14(30-4)16(13)27-17(28)26-15(29)8-12-9-19(21,22)20(12,23)24/h6,12,14H,5,7-9H2,1-4H3,(H,26,27,29).